The van der Waals surface area contributed by atoms with Crippen LogP contribution in [0.15, 0.2) is 126 Å². The number of nitrogens with one attached hydrogen (secondary N) is 6. The van der Waals surface area contributed by atoms with Gasteiger partial charge in [0.25, 0.3) is 11.8 Å². The molecule has 10 heterocycles. The van der Waals surface area contributed by atoms with Gasteiger partial charge in [-0.15, -0.1) is 47.0 Å². The predicted molar refractivity (Wildman–Crippen MR) is 416 cm³/mol. The second-order valence-corrected chi connectivity index (χ2v) is 37.0. The number of carbonyl (C=O) groups is 14. The zero-order valence-electron chi connectivity index (χ0n) is 62.9. The van der Waals surface area contributed by atoms with Gasteiger partial charge in [-0.05, 0) is 109 Å². The summed E-state index contributed by atoms with van der Waals surface area (Å²) in [7, 11) is 0. The first kappa shape index (κ1) is 82.4. The molecule has 0 unspecified atom stereocenters. The van der Waals surface area contributed by atoms with E-state index in [0.29, 0.717) is 47.0 Å². The van der Waals surface area contributed by atoms with E-state index in [1.54, 1.807) is 98.7 Å². The molecule has 9 fully saturated rings. The van der Waals surface area contributed by atoms with Crippen LogP contribution in [-0.2, 0) is 47.9 Å². The summed E-state index contributed by atoms with van der Waals surface area (Å²) in [6, 6.07) is 24.3. The number of hydrogen-bond donors (Lipinski definition) is 12. The third-order valence-corrected chi connectivity index (χ3v) is 27.0. The molecule has 1 aromatic heterocycles. The normalized spacial score (nSPS) is 26.1. The van der Waals surface area contributed by atoms with E-state index in [9.17, 15) is 92.7 Å². The number of thioether (sulfide) groups is 4. The first-order valence-electron chi connectivity index (χ1n) is 36.0. The lowest BCUT2D eigenvalue weighted by Gasteiger charge is -2.44. The van der Waals surface area contributed by atoms with Crippen molar-refractivity contribution in [3.8, 4) is 22.8 Å². The number of carboxylic acids is 4. The molecular formula is C76H83N13O21S4. The molecule has 0 aliphatic carbocycles. The number of benzene rings is 5. The van der Waals surface area contributed by atoms with Crippen LogP contribution >= 0.6 is 47.0 Å². The highest BCUT2D eigenvalue weighted by molar-refractivity contribution is 8.02. The molecule has 5 aromatic carbocycles. The van der Waals surface area contributed by atoms with Crippen LogP contribution < -0.4 is 42.4 Å². The number of carbonyl (C=O) groups excluding carboxylic acids is 10. The van der Waals surface area contributed by atoms with E-state index in [0.717, 1.165) is 21.2 Å². The molecule has 9 saturated heterocycles. The molecule has 38 heteroatoms. The van der Waals surface area contributed by atoms with Gasteiger partial charge in [-0.2, -0.15) is 0 Å². The lowest BCUT2D eigenvalue weighted by atomic mass is 9.95. The van der Waals surface area contributed by atoms with Gasteiger partial charge in [-0.1, -0.05) is 108 Å². The van der Waals surface area contributed by atoms with Crippen LogP contribution in [0.1, 0.15) is 112 Å². The number of urea groups is 2. The molecule has 6 aromatic rings. The van der Waals surface area contributed by atoms with Gasteiger partial charge in [0.1, 0.15) is 110 Å². The number of imide groups is 1. The highest BCUT2D eigenvalue weighted by Crippen LogP contribution is 2.55. The molecule has 34 nitrogen and oxygen atoms in total. The number of aryl methyl sites for hydroxylation is 1. The molecule has 114 heavy (non-hydrogen) atoms. The summed E-state index contributed by atoms with van der Waals surface area (Å²) in [6.07, 6.45) is 0. The van der Waals surface area contributed by atoms with Crippen molar-refractivity contribution in [3.63, 3.8) is 0 Å². The number of phenols is 1. The molecule has 12 amide bonds. The number of fused-ring (bicyclic) bond motifs is 5. The van der Waals surface area contributed by atoms with E-state index >= 15 is 0 Å². The van der Waals surface area contributed by atoms with E-state index < -0.39 is 172 Å². The van der Waals surface area contributed by atoms with Gasteiger partial charge in [-0.25, -0.2) is 33.7 Å². The summed E-state index contributed by atoms with van der Waals surface area (Å²) in [5.41, 5.74) is 8.68. The summed E-state index contributed by atoms with van der Waals surface area (Å²) in [6.45, 7) is 18.6. The van der Waals surface area contributed by atoms with E-state index in [1.165, 1.54) is 90.9 Å². The van der Waals surface area contributed by atoms with E-state index in [2.05, 4.69) is 37.1 Å². The number of carboxylic acid groups (broad SMARTS) is 4. The van der Waals surface area contributed by atoms with Crippen molar-refractivity contribution < 1.29 is 102 Å². The Morgan fingerprint density at radius 2 is 0.956 bits per heavy atom. The number of hydrogen-bond acceptors (Lipinski definition) is 23. The Kier molecular flexibility index (Phi) is 22.9. The fourth-order valence-electron chi connectivity index (χ4n) is 15.3. The molecule has 602 valence electrons. The monoisotopic (exact) mass is 1640 g/mol. The van der Waals surface area contributed by atoms with E-state index in [1.807, 2.05) is 67.6 Å². The van der Waals surface area contributed by atoms with Crippen molar-refractivity contribution in [1.29, 1.82) is 0 Å². The lowest BCUT2D eigenvalue weighted by molar-refractivity contribution is -0.161. The summed E-state index contributed by atoms with van der Waals surface area (Å²) >= 11 is 5.44. The van der Waals surface area contributed by atoms with Crippen molar-refractivity contribution in [3.05, 3.63) is 149 Å². The second kappa shape index (κ2) is 31.7. The molecule has 15 rings (SSSR count). The van der Waals surface area contributed by atoms with E-state index in [-0.39, 0.29) is 29.7 Å². The van der Waals surface area contributed by atoms with Crippen LogP contribution in [-0.4, -0.2) is 247 Å². The third-order valence-electron chi connectivity index (χ3n) is 20.7. The number of rotatable bonds is 18. The number of aromatic nitrogens is 1. The minimum Gasteiger partial charge on any atom is -0.508 e. The SMILES string of the molecule is CC1(C)S[C@@H]2[C@H](NC(=O)[C@H](N)c3ccc(O)cc3)C(=O)N2[C@H]1C(=O)O.CC1(C)S[C@@H]2[C@H](NC(=O)[C@H](NC(=O)N3CCNC3=O)c3ccccc3)C(=O)N2[C@H]1C(=O)O.CCOc1ccc2ccccc2c1C(=O)N[C@@H]1C(=O)N2[C@@H]1SC(C)(C)[C@@H]2C(=O)O.Cc1onc(-c2ccccc2)c1C(=O)N[C@@H]1C(=O)N2[C@@H]1SC(C)(C)[C@@H]2C(=O)O. The summed E-state index contributed by atoms with van der Waals surface area (Å²) in [5, 5.41) is 67.0. The van der Waals surface area contributed by atoms with Gasteiger partial charge in [0.2, 0.25) is 35.4 Å². The molecule has 14 atom stereocenters. The van der Waals surface area contributed by atoms with Crippen LogP contribution in [0.2, 0.25) is 0 Å². The summed E-state index contributed by atoms with van der Waals surface area (Å²) in [4.78, 5) is 179. The minimum absolute atomic E-state index is 0.0606. The molecule has 0 spiro atoms. The maximum absolute atomic E-state index is 13.2. The van der Waals surface area contributed by atoms with Gasteiger partial charge < -0.3 is 92.0 Å². The fraction of sp³-hybridized carbons (Fsp3) is 0.408. The van der Waals surface area contributed by atoms with Crippen molar-refractivity contribution in [2.75, 3.05) is 19.7 Å². The first-order valence-corrected chi connectivity index (χ1v) is 39.5. The maximum Gasteiger partial charge on any atom is 0.327 e. The van der Waals surface area contributed by atoms with Gasteiger partial charge in [0, 0.05) is 37.6 Å². The number of phenolic OH excluding ortho intramolecular Hbond substituents is 1. The Labute approximate surface area is 668 Å². The Morgan fingerprint density at radius 3 is 1.39 bits per heavy atom. The molecule has 0 bridgehead atoms. The molecule has 13 N–H and O–H groups in total. The fourth-order valence-corrected chi connectivity index (χ4v) is 21.8. The molecule has 0 saturated carbocycles. The average molecular weight is 1640 g/mol. The highest BCUT2D eigenvalue weighted by atomic mass is 32.2. The second-order valence-electron chi connectivity index (χ2n) is 29.9. The van der Waals surface area contributed by atoms with Crippen LogP contribution in [0.25, 0.3) is 22.0 Å². The summed E-state index contributed by atoms with van der Waals surface area (Å²) < 4.78 is 8.22. The third kappa shape index (κ3) is 15.3. The zero-order chi connectivity index (χ0) is 82.9. The van der Waals surface area contributed by atoms with Crippen molar-refractivity contribution in [2.45, 2.75) is 170 Å². The Hall–Kier alpha value is -11.1. The number of nitrogens with zero attached hydrogens (tertiary/aromatic N) is 6. The Bertz CT molecular complexity index is 4920. The number of amides is 12. The quantitative estimate of drug-likeness (QED) is 0.0527. The van der Waals surface area contributed by atoms with Crippen LogP contribution in [0.3, 0.4) is 0 Å². The molecule has 0 radical (unpaired) electrons. The van der Waals surface area contributed by atoms with Gasteiger partial charge in [-0.3, -0.25) is 38.4 Å². The number of aliphatic carboxylic acids is 4. The Balaban J connectivity index is 0.000000141. The zero-order valence-corrected chi connectivity index (χ0v) is 66.2. The molecule has 9 aliphatic rings. The smallest absolute Gasteiger partial charge is 0.327 e. The van der Waals surface area contributed by atoms with Gasteiger partial charge in [0.15, 0.2) is 0 Å². The Morgan fingerprint density at radius 1 is 0.544 bits per heavy atom. The van der Waals surface area contributed by atoms with Crippen molar-refractivity contribution >= 4 is 141 Å². The van der Waals surface area contributed by atoms with Gasteiger partial charge >= 0.3 is 35.9 Å². The standard InChI is InChI=1S/C21H22N2O5S.C20H23N5O6S.C19H19N3O5S.C16H19N3O5S/c1-4-28-13-10-9-11-7-5-6-8-12(11)14(13)17(24)22-15-18(25)23-16(20(26)27)21(2,3)29-19(15)23;1-20(2)13(17(28)29)25-15(27)12(16(25)32-20)22-14(26)11(10-6-4-3-5-7-10)23-19(31)24-9-8-21-18(24)30;1-9-11(12(21-27-9)10-7-5-4-6-8-10)15(23)20-13-16(24)22-14(18(25)26)19(2,3)28-17(13)22;1-16(2)11(15(23)24)19-13(22)10(14(19)25-16)18-12(21)9(17)7-3-5-8(20)6-4-7/h5-10,15-16,19H,4H2,1-3H3,(H,22,24)(H,26,27);3-7,11-13,16H,8-9H2,1-2H3,(H,21,30)(H,22,26)(H,23,31)(H,28,29);4-8,13-14,17H,1-3H3,(H,20,23)(H,25,26);3-6,9-11,14,20H,17H2,1-2H3,(H,18,21)(H,23,24)/t15-,16+,19-;11-,12-,13+,16-;13-,14+,17-;9-,10-,11+,14-/m1111/s1. The number of β-lactam (4-membered cyclic amide) rings is 4. The molecule has 9 aliphatic heterocycles. The summed E-state index contributed by atoms with van der Waals surface area (Å²) in [5.74, 6) is -7.04. The predicted octanol–water partition coefficient (Wildman–Crippen LogP) is 4.50. The minimum atomic E-state index is -1.14. The number of ether oxygens (including phenoxy) is 1. The van der Waals surface area contributed by atoms with Crippen molar-refractivity contribution in [2.24, 2.45) is 5.73 Å². The van der Waals surface area contributed by atoms with Crippen LogP contribution in [0.5, 0.6) is 11.5 Å². The van der Waals surface area contributed by atoms with Gasteiger partial charge in [0.05, 0.1) is 12.2 Å². The number of nitrogens with two attached hydrogens (primary N) is 1. The largest absolute Gasteiger partial charge is 0.508 e. The van der Waals surface area contributed by atoms with Crippen LogP contribution in [0, 0.1) is 6.92 Å². The maximum atomic E-state index is 13.2. The highest BCUT2D eigenvalue weighted by Gasteiger charge is 2.68. The first-order chi connectivity index (χ1) is 53.7. The van der Waals surface area contributed by atoms with Crippen LogP contribution in [0.4, 0.5) is 9.59 Å². The topological polar surface area (TPSA) is 490 Å². The molecular weight excluding hydrogens is 1560 g/mol. The van der Waals surface area contributed by atoms with E-state index in [4.69, 9.17) is 15.0 Å². The van der Waals surface area contributed by atoms with Crippen molar-refractivity contribution in [1.82, 2.24) is 61.6 Å². The lowest BCUT2D eigenvalue weighted by Crippen LogP contribution is -2.71. The number of aromatic hydroxyl groups is 1. The average Bonchev–Trinajstić information content (AvgIpc) is 1.55.